The highest BCUT2D eigenvalue weighted by Gasteiger charge is 2.12. The average molecular weight is 427 g/mol. The normalized spacial score (nSPS) is 10.5. The molecule has 0 aliphatic heterocycles. The van der Waals surface area contributed by atoms with Gasteiger partial charge in [-0.2, -0.15) is 0 Å². The van der Waals surface area contributed by atoms with Crippen LogP contribution in [-0.4, -0.2) is 34.9 Å². The maximum absolute atomic E-state index is 12.1. The highest BCUT2D eigenvalue weighted by atomic mass is 32.2. The molecular weight excluding hydrogens is 406 g/mol. The smallest absolute Gasteiger partial charge is 0.337 e. The van der Waals surface area contributed by atoms with E-state index in [2.05, 4.69) is 27.2 Å². The number of nitrogens with one attached hydrogen (secondary N) is 1. The van der Waals surface area contributed by atoms with Crippen molar-refractivity contribution in [1.82, 2.24) is 10.2 Å². The molecule has 1 heterocycles. The van der Waals surface area contributed by atoms with Gasteiger partial charge in [0.2, 0.25) is 5.91 Å². The van der Waals surface area contributed by atoms with E-state index in [1.54, 1.807) is 24.3 Å². The molecule has 0 saturated heterocycles. The van der Waals surface area contributed by atoms with Gasteiger partial charge in [0.25, 0.3) is 11.1 Å². The summed E-state index contributed by atoms with van der Waals surface area (Å²) in [6.07, 6.45) is 0.967. The molecule has 1 aromatic heterocycles. The third kappa shape index (κ3) is 6.08. The molecule has 0 saturated carbocycles. The summed E-state index contributed by atoms with van der Waals surface area (Å²) in [6, 6.07) is 14.3. The lowest BCUT2D eigenvalue weighted by Gasteiger charge is -2.06. The predicted octanol–water partition coefficient (Wildman–Crippen LogP) is 3.73. The Morgan fingerprint density at radius 1 is 1.13 bits per heavy atom. The predicted molar refractivity (Wildman–Crippen MR) is 112 cm³/mol. The molecule has 1 N–H and O–H groups in total. The lowest BCUT2D eigenvalue weighted by atomic mass is 10.2. The van der Waals surface area contributed by atoms with Crippen molar-refractivity contribution < 1.29 is 23.5 Å². The van der Waals surface area contributed by atoms with E-state index in [9.17, 15) is 9.59 Å². The zero-order chi connectivity index (χ0) is 21.3. The number of rotatable bonds is 9. The second-order valence-electron chi connectivity index (χ2n) is 6.16. The number of aromatic nitrogens is 2. The highest BCUT2D eigenvalue weighted by Crippen LogP contribution is 2.19. The van der Waals surface area contributed by atoms with Gasteiger partial charge in [0.15, 0.2) is 6.61 Å². The van der Waals surface area contributed by atoms with Crippen LogP contribution >= 0.6 is 11.8 Å². The van der Waals surface area contributed by atoms with Crippen LogP contribution in [0.25, 0.3) is 0 Å². The van der Waals surface area contributed by atoms with Gasteiger partial charge in [-0.1, -0.05) is 36.9 Å². The van der Waals surface area contributed by atoms with Crippen molar-refractivity contribution in [2.45, 2.75) is 25.2 Å². The lowest BCUT2D eigenvalue weighted by molar-refractivity contribution is -0.113. The summed E-state index contributed by atoms with van der Waals surface area (Å²) in [5.74, 6) is 0.372. The number of methoxy groups -OCH3 is 1. The first-order valence-electron chi connectivity index (χ1n) is 9.22. The van der Waals surface area contributed by atoms with Gasteiger partial charge in [-0.15, -0.1) is 10.2 Å². The van der Waals surface area contributed by atoms with Gasteiger partial charge in [-0.3, -0.25) is 4.79 Å². The zero-order valence-corrected chi connectivity index (χ0v) is 17.4. The van der Waals surface area contributed by atoms with E-state index in [1.165, 1.54) is 12.7 Å². The van der Waals surface area contributed by atoms with Crippen molar-refractivity contribution >= 4 is 29.3 Å². The minimum Gasteiger partial charge on any atom is -0.484 e. The number of carbonyl (C=O) groups excluding carboxylic acids is 2. The Hall–Kier alpha value is -3.33. The molecule has 0 fully saturated rings. The van der Waals surface area contributed by atoms with Crippen molar-refractivity contribution in [3.63, 3.8) is 0 Å². The van der Waals surface area contributed by atoms with Gasteiger partial charge in [-0.05, 0) is 42.3 Å². The molecule has 1 amide bonds. The summed E-state index contributed by atoms with van der Waals surface area (Å²) < 4.78 is 15.8. The van der Waals surface area contributed by atoms with Crippen molar-refractivity contribution in [2.75, 3.05) is 18.2 Å². The van der Waals surface area contributed by atoms with Crippen LogP contribution in [0.3, 0.4) is 0 Å². The van der Waals surface area contributed by atoms with E-state index in [0.29, 0.717) is 22.9 Å². The number of benzene rings is 2. The first-order chi connectivity index (χ1) is 14.6. The van der Waals surface area contributed by atoms with Crippen LogP contribution in [-0.2, 0) is 22.6 Å². The average Bonchev–Trinajstić information content (AvgIpc) is 3.24. The van der Waals surface area contributed by atoms with E-state index in [1.807, 2.05) is 24.3 Å². The molecule has 0 aliphatic rings. The Morgan fingerprint density at radius 2 is 1.93 bits per heavy atom. The fourth-order valence-corrected chi connectivity index (χ4v) is 3.07. The summed E-state index contributed by atoms with van der Waals surface area (Å²) >= 11 is 1.11. The van der Waals surface area contributed by atoms with Crippen LogP contribution in [0.4, 0.5) is 5.69 Å². The van der Waals surface area contributed by atoms with Gasteiger partial charge < -0.3 is 19.2 Å². The number of amides is 1. The maximum atomic E-state index is 12.1. The number of aryl methyl sites for hydroxylation is 1. The first kappa shape index (κ1) is 21.4. The Morgan fingerprint density at radius 3 is 2.67 bits per heavy atom. The third-order valence-corrected chi connectivity index (χ3v) is 4.85. The first-order valence-corrected chi connectivity index (χ1v) is 10.2. The van der Waals surface area contributed by atoms with Gasteiger partial charge in [0.05, 0.1) is 18.4 Å². The molecule has 156 valence electrons. The topological polar surface area (TPSA) is 104 Å². The molecule has 0 bridgehead atoms. The monoisotopic (exact) mass is 427 g/mol. The Kier molecular flexibility index (Phi) is 7.45. The SMILES string of the molecule is CCc1ccc(OCc2nnc(SCC(=O)Nc3cccc(C(=O)OC)c3)o2)cc1. The van der Waals surface area contributed by atoms with E-state index >= 15 is 0 Å². The Labute approximate surface area is 178 Å². The van der Waals surface area contributed by atoms with Crippen LogP contribution in [0.15, 0.2) is 58.2 Å². The minimum absolute atomic E-state index is 0.0728. The van der Waals surface area contributed by atoms with Crippen molar-refractivity contribution in [2.24, 2.45) is 0 Å². The van der Waals surface area contributed by atoms with Gasteiger partial charge >= 0.3 is 5.97 Å². The molecule has 0 radical (unpaired) electrons. The van der Waals surface area contributed by atoms with Crippen LogP contribution in [0.5, 0.6) is 5.75 Å². The van der Waals surface area contributed by atoms with E-state index in [0.717, 1.165) is 18.2 Å². The number of anilines is 1. The molecule has 3 aromatic rings. The van der Waals surface area contributed by atoms with Gasteiger partial charge in [-0.25, -0.2) is 4.79 Å². The standard InChI is InChI=1S/C21H21N3O5S/c1-3-14-7-9-17(10-8-14)28-12-19-23-24-21(29-19)30-13-18(25)22-16-6-4-5-15(11-16)20(26)27-2/h4-11H,3,12-13H2,1-2H3,(H,22,25). The minimum atomic E-state index is -0.470. The number of nitrogens with zero attached hydrogens (tertiary/aromatic N) is 2. The highest BCUT2D eigenvalue weighted by molar-refractivity contribution is 7.99. The molecular formula is C21H21N3O5S. The zero-order valence-electron chi connectivity index (χ0n) is 16.6. The summed E-state index contributed by atoms with van der Waals surface area (Å²) in [6.45, 7) is 2.23. The maximum Gasteiger partial charge on any atom is 0.337 e. The second kappa shape index (κ2) is 10.4. The van der Waals surface area contributed by atoms with E-state index in [4.69, 9.17) is 9.15 Å². The van der Waals surface area contributed by atoms with Gasteiger partial charge in [0, 0.05) is 5.69 Å². The largest absolute Gasteiger partial charge is 0.484 e. The summed E-state index contributed by atoms with van der Waals surface area (Å²) in [5, 5.41) is 10.8. The molecule has 0 spiro atoms. The molecule has 9 heteroatoms. The molecule has 30 heavy (non-hydrogen) atoms. The second-order valence-corrected chi connectivity index (χ2v) is 7.08. The quantitative estimate of drug-likeness (QED) is 0.407. The van der Waals surface area contributed by atoms with Crippen molar-refractivity contribution in [3.8, 4) is 5.75 Å². The lowest BCUT2D eigenvalue weighted by Crippen LogP contribution is -2.14. The Bertz CT molecular complexity index is 1000. The summed E-state index contributed by atoms with van der Waals surface area (Å²) in [4.78, 5) is 23.7. The molecule has 3 rings (SSSR count). The number of carbonyl (C=O) groups is 2. The van der Waals surface area contributed by atoms with Crippen molar-refractivity contribution in [3.05, 3.63) is 65.5 Å². The van der Waals surface area contributed by atoms with E-state index < -0.39 is 5.97 Å². The number of hydrogen-bond donors (Lipinski definition) is 1. The van der Waals surface area contributed by atoms with Gasteiger partial charge in [0.1, 0.15) is 5.75 Å². The number of ether oxygens (including phenoxy) is 2. The van der Waals surface area contributed by atoms with Crippen LogP contribution in [0.1, 0.15) is 28.7 Å². The number of esters is 1. The Balaban J connectivity index is 1.46. The van der Waals surface area contributed by atoms with Crippen LogP contribution in [0, 0.1) is 0 Å². The van der Waals surface area contributed by atoms with Crippen molar-refractivity contribution in [1.29, 1.82) is 0 Å². The van der Waals surface area contributed by atoms with E-state index in [-0.39, 0.29) is 23.5 Å². The molecule has 0 unspecified atom stereocenters. The molecule has 0 atom stereocenters. The fraction of sp³-hybridized carbons (Fsp3) is 0.238. The van der Waals surface area contributed by atoms with Crippen LogP contribution < -0.4 is 10.1 Å². The van der Waals surface area contributed by atoms with Crippen LogP contribution in [0.2, 0.25) is 0 Å². The third-order valence-electron chi connectivity index (χ3n) is 4.04. The molecule has 0 aliphatic carbocycles. The fourth-order valence-electron chi connectivity index (χ4n) is 2.49. The summed E-state index contributed by atoms with van der Waals surface area (Å²) in [5.41, 5.74) is 2.08. The summed E-state index contributed by atoms with van der Waals surface area (Å²) in [7, 11) is 1.30. The molecule has 2 aromatic carbocycles. The number of hydrogen-bond acceptors (Lipinski definition) is 8. The number of thioether (sulfide) groups is 1. The molecule has 8 nitrogen and oxygen atoms in total.